The number of aromatic nitrogens is 3. The van der Waals surface area contributed by atoms with Gasteiger partial charge in [-0.1, -0.05) is 13.8 Å². The van der Waals surface area contributed by atoms with Crippen molar-refractivity contribution < 1.29 is 0 Å². The van der Waals surface area contributed by atoms with Gasteiger partial charge in [0.05, 0.1) is 23.9 Å². The maximum absolute atomic E-state index is 4.34. The molecule has 0 atom stereocenters. The zero-order valence-corrected chi connectivity index (χ0v) is 11.4. The average molecular weight is 244 g/mol. The molecule has 2 rings (SSSR count). The normalized spacial score (nSPS) is 11.2. The van der Waals surface area contributed by atoms with Crippen LogP contribution >= 0.6 is 0 Å². The molecular formula is C14H20N4. The minimum atomic E-state index is 0.469. The van der Waals surface area contributed by atoms with Crippen molar-refractivity contribution in [1.29, 1.82) is 0 Å². The first kappa shape index (κ1) is 12.8. The van der Waals surface area contributed by atoms with Crippen molar-refractivity contribution in [3.8, 4) is 5.69 Å². The first-order valence-electron chi connectivity index (χ1n) is 6.26. The molecule has 0 fully saturated rings. The predicted molar refractivity (Wildman–Crippen MR) is 72.8 cm³/mol. The third-order valence-electron chi connectivity index (χ3n) is 3.10. The smallest absolute Gasteiger partial charge is 0.0998 e. The summed E-state index contributed by atoms with van der Waals surface area (Å²) in [6, 6.07) is 2.52. The van der Waals surface area contributed by atoms with Gasteiger partial charge in [0, 0.05) is 24.5 Å². The highest BCUT2D eigenvalue weighted by Gasteiger charge is 2.09. The molecule has 2 heterocycles. The zero-order chi connectivity index (χ0) is 13.1. The predicted octanol–water partition coefficient (Wildman–Crippen LogP) is 2.38. The van der Waals surface area contributed by atoms with Gasteiger partial charge >= 0.3 is 0 Å². The summed E-state index contributed by atoms with van der Waals surface area (Å²) in [6.45, 7) is 9.23. The molecule has 0 saturated carbocycles. The molecule has 0 aromatic carbocycles. The third kappa shape index (κ3) is 2.59. The van der Waals surface area contributed by atoms with Gasteiger partial charge in [-0.25, -0.2) is 4.98 Å². The highest BCUT2D eigenvalue weighted by molar-refractivity contribution is 5.40. The van der Waals surface area contributed by atoms with Crippen LogP contribution in [0.4, 0.5) is 0 Å². The van der Waals surface area contributed by atoms with Gasteiger partial charge in [-0.15, -0.1) is 0 Å². The van der Waals surface area contributed by atoms with E-state index in [4.69, 9.17) is 0 Å². The molecule has 1 N–H and O–H groups in total. The first-order valence-corrected chi connectivity index (χ1v) is 6.26. The standard InChI is InChI=1S/C14H20N4/c1-10(2)16-7-13-5-6-15-8-14(13)18-9-17-11(3)12(18)4/h5-6,8-10,16H,7H2,1-4H3. The van der Waals surface area contributed by atoms with Crippen molar-refractivity contribution >= 4 is 0 Å². The molecule has 0 aliphatic heterocycles. The van der Waals surface area contributed by atoms with E-state index in [9.17, 15) is 0 Å². The molecule has 2 aromatic heterocycles. The Morgan fingerprint density at radius 2 is 2.11 bits per heavy atom. The van der Waals surface area contributed by atoms with Gasteiger partial charge in [0.15, 0.2) is 0 Å². The number of rotatable bonds is 4. The van der Waals surface area contributed by atoms with Crippen LogP contribution in [0.2, 0.25) is 0 Å². The Kier molecular flexibility index (Phi) is 3.77. The maximum atomic E-state index is 4.34. The third-order valence-corrected chi connectivity index (χ3v) is 3.10. The van der Waals surface area contributed by atoms with Crippen molar-refractivity contribution in [3.63, 3.8) is 0 Å². The Labute approximate surface area is 108 Å². The maximum Gasteiger partial charge on any atom is 0.0998 e. The molecule has 0 aliphatic carbocycles. The van der Waals surface area contributed by atoms with Crippen LogP contribution in [0, 0.1) is 13.8 Å². The summed E-state index contributed by atoms with van der Waals surface area (Å²) in [5.74, 6) is 0. The number of aryl methyl sites for hydroxylation is 1. The molecule has 0 saturated heterocycles. The summed E-state index contributed by atoms with van der Waals surface area (Å²) in [5.41, 5.74) is 4.55. The molecule has 0 spiro atoms. The second-order valence-electron chi connectivity index (χ2n) is 4.83. The Bertz CT molecular complexity index is 528. The van der Waals surface area contributed by atoms with Crippen molar-refractivity contribution in [3.05, 3.63) is 41.7 Å². The summed E-state index contributed by atoms with van der Waals surface area (Å²) in [6.07, 6.45) is 5.59. The number of nitrogens with zero attached hydrogens (tertiary/aromatic N) is 3. The highest BCUT2D eigenvalue weighted by atomic mass is 15.1. The molecule has 4 nitrogen and oxygen atoms in total. The summed E-state index contributed by atoms with van der Waals surface area (Å²) in [4.78, 5) is 8.57. The van der Waals surface area contributed by atoms with Gasteiger partial charge in [-0.3, -0.25) is 4.98 Å². The molecule has 2 aromatic rings. The van der Waals surface area contributed by atoms with E-state index >= 15 is 0 Å². The number of hydrogen-bond acceptors (Lipinski definition) is 3. The van der Waals surface area contributed by atoms with Crippen molar-refractivity contribution in [2.45, 2.75) is 40.3 Å². The molecule has 0 unspecified atom stereocenters. The summed E-state index contributed by atoms with van der Waals surface area (Å²) in [7, 11) is 0. The second kappa shape index (κ2) is 5.31. The lowest BCUT2D eigenvalue weighted by Crippen LogP contribution is -2.22. The Morgan fingerprint density at radius 3 is 2.72 bits per heavy atom. The fourth-order valence-corrected chi connectivity index (χ4v) is 1.84. The van der Waals surface area contributed by atoms with Crippen LogP contribution in [0.15, 0.2) is 24.8 Å². The number of nitrogens with one attached hydrogen (secondary N) is 1. The topological polar surface area (TPSA) is 42.7 Å². The molecule has 0 aliphatic rings. The van der Waals surface area contributed by atoms with E-state index in [1.165, 1.54) is 5.56 Å². The van der Waals surface area contributed by atoms with Gasteiger partial charge in [0.1, 0.15) is 0 Å². The molecular weight excluding hydrogens is 224 g/mol. The van der Waals surface area contributed by atoms with E-state index in [0.717, 1.165) is 23.6 Å². The van der Waals surface area contributed by atoms with E-state index < -0.39 is 0 Å². The van der Waals surface area contributed by atoms with Gasteiger partial charge in [-0.2, -0.15) is 0 Å². The summed E-state index contributed by atoms with van der Waals surface area (Å²) >= 11 is 0. The van der Waals surface area contributed by atoms with Crippen LogP contribution in [0.5, 0.6) is 0 Å². The van der Waals surface area contributed by atoms with Crippen LogP contribution < -0.4 is 5.32 Å². The Morgan fingerprint density at radius 1 is 1.33 bits per heavy atom. The second-order valence-corrected chi connectivity index (χ2v) is 4.83. The first-order chi connectivity index (χ1) is 8.59. The van der Waals surface area contributed by atoms with Crippen LogP contribution in [0.1, 0.15) is 30.8 Å². The lowest BCUT2D eigenvalue weighted by Gasteiger charge is -2.13. The molecule has 0 amide bonds. The number of pyridine rings is 1. The monoisotopic (exact) mass is 244 g/mol. The van der Waals surface area contributed by atoms with E-state index in [-0.39, 0.29) is 0 Å². The van der Waals surface area contributed by atoms with Gasteiger partial charge < -0.3 is 9.88 Å². The molecule has 18 heavy (non-hydrogen) atoms. The van der Waals surface area contributed by atoms with E-state index in [1.54, 1.807) is 0 Å². The molecule has 0 radical (unpaired) electrons. The minimum absolute atomic E-state index is 0.469. The number of imidazole rings is 1. The Hall–Kier alpha value is -1.68. The minimum Gasteiger partial charge on any atom is -0.310 e. The lowest BCUT2D eigenvalue weighted by atomic mass is 10.2. The van der Waals surface area contributed by atoms with Gasteiger partial charge in [0.2, 0.25) is 0 Å². The van der Waals surface area contributed by atoms with Gasteiger partial charge in [-0.05, 0) is 25.5 Å². The van der Waals surface area contributed by atoms with Crippen LogP contribution in [0.3, 0.4) is 0 Å². The summed E-state index contributed by atoms with van der Waals surface area (Å²) in [5, 5.41) is 3.44. The SMILES string of the molecule is Cc1ncn(-c2cnccc2CNC(C)C)c1C. The van der Waals surface area contributed by atoms with E-state index in [2.05, 4.69) is 46.7 Å². The largest absolute Gasteiger partial charge is 0.310 e. The summed E-state index contributed by atoms with van der Waals surface area (Å²) < 4.78 is 2.10. The zero-order valence-electron chi connectivity index (χ0n) is 11.4. The fourth-order valence-electron chi connectivity index (χ4n) is 1.84. The van der Waals surface area contributed by atoms with E-state index in [0.29, 0.717) is 6.04 Å². The fraction of sp³-hybridized carbons (Fsp3) is 0.429. The highest BCUT2D eigenvalue weighted by Crippen LogP contribution is 2.17. The van der Waals surface area contributed by atoms with Crippen LogP contribution in [0.25, 0.3) is 5.69 Å². The van der Waals surface area contributed by atoms with Gasteiger partial charge in [0.25, 0.3) is 0 Å². The van der Waals surface area contributed by atoms with Crippen molar-refractivity contribution in [2.75, 3.05) is 0 Å². The Balaban J connectivity index is 2.35. The molecule has 0 bridgehead atoms. The quantitative estimate of drug-likeness (QED) is 0.898. The lowest BCUT2D eigenvalue weighted by molar-refractivity contribution is 0.587. The number of hydrogen-bond donors (Lipinski definition) is 1. The van der Waals surface area contributed by atoms with Crippen LogP contribution in [-0.2, 0) is 6.54 Å². The average Bonchev–Trinajstić information content (AvgIpc) is 2.68. The van der Waals surface area contributed by atoms with Crippen molar-refractivity contribution in [1.82, 2.24) is 19.9 Å². The van der Waals surface area contributed by atoms with Crippen molar-refractivity contribution in [2.24, 2.45) is 0 Å². The molecule has 4 heteroatoms. The van der Waals surface area contributed by atoms with Crippen LogP contribution in [-0.4, -0.2) is 20.6 Å². The van der Waals surface area contributed by atoms with E-state index in [1.807, 2.05) is 25.6 Å². The molecule has 96 valence electrons.